The van der Waals surface area contributed by atoms with Crippen LogP contribution in [0.4, 0.5) is 24.5 Å². The van der Waals surface area contributed by atoms with E-state index in [0.717, 1.165) is 4.90 Å². The molecule has 0 saturated heterocycles. The summed E-state index contributed by atoms with van der Waals surface area (Å²) in [5.74, 6) is -2.00. The van der Waals surface area contributed by atoms with Crippen molar-refractivity contribution < 1.29 is 22.8 Å². The van der Waals surface area contributed by atoms with E-state index in [1.807, 2.05) is 6.07 Å². The second kappa shape index (κ2) is 13.3. The third kappa shape index (κ3) is 7.38. The first-order chi connectivity index (χ1) is 18.2. The maximum Gasteiger partial charge on any atom is 0.256 e. The number of hydrogen-bond donors (Lipinski definition) is 4. The van der Waals surface area contributed by atoms with Gasteiger partial charge in [0, 0.05) is 28.4 Å². The lowest BCUT2D eigenvalue weighted by molar-refractivity contribution is -0.120. The average Bonchev–Trinajstić information content (AvgIpc) is 2.88. The number of guanidine groups is 1. The van der Waals surface area contributed by atoms with Crippen molar-refractivity contribution in [2.24, 2.45) is 5.73 Å². The standard InChI is InChI=1S/C26H24ClF3N6O2/c27-18-5-3-4-16(12-18)19-6-1-2-7-21(19)36(15-23(28)29)22-9-8-17(14-31)20(25(22)30)13-24(37)34-10-11-38-35-26(32)33/h1-9,12,23H,10-11,13,15H2,(H,34,37)(H4,32,33,35). The van der Waals surface area contributed by atoms with E-state index in [2.05, 4.69) is 10.8 Å². The van der Waals surface area contributed by atoms with Gasteiger partial charge in [0.1, 0.15) is 0 Å². The van der Waals surface area contributed by atoms with Gasteiger partial charge in [-0.05, 0) is 35.9 Å². The molecule has 8 nitrogen and oxygen atoms in total. The molecule has 0 fully saturated rings. The highest BCUT2D eigenvalue weighted by Gasteiger charge is 2.25. The van der Waals surface area contributed by atoms with Crippen LogP contribution in [-0.4, -0.2) is 38.0 Å². The smallest absolute Gasteiger partial charge is 0.256 e. The number of para-hydroxylation sites is 1. The van der Waals surface area contributed by atoms with Crippen LogP contribution in [0.25, 0.3) is 11.1 Å². The zero-order valence-electron chi connectivity index (χ0n) is 20.0. The fraction of sp³-hybridized carbons (Fsp3) is 0.192. The van der Waals surface area contributed by atoms with Gasteiger partial charge in [0.15, 0.2) is 5.82 Å². The first-order valence-electron chi connectivity index (χ1n) is 11.3. The maximum atomic E-state index is 15.9. The summed E-state index contributed by atoms with van der Waals surface area (Å²) in [5.41, 5.74) is 8.11. The van der Waals surface area contributed by atoms with Gasteiger partial charge in [-0.15, -0.1) is 0 Å². The van der Waals surface area contributed by atoms with Crippen molar-refractivity contribution in [2.75, 3.05) is 24.6 Å². The van der Waals surface area contributed by atoms with E-state index in [1.54, 1.807) is 48.5 Å². The Balaban J connectivity index is 1.97. The number of carbonyl (C=O) groups excluding carboxylic acids is 1. The van der Waals surface area contributed by atoms with Crippen molar-refractivity contribution in [2.45, 2.75) is 12.8 Å². The Bertz CT molecular complexity index is 1350. The molecule has 3 rings (SSSR count). The lowest BCUT2D eigenvalue weighted by Gasteiger charge is -2.28. The van der Waals surface area contributed by atoms with Gasteiger partial charge in [0.2, 0.25) is 11.9 Å². The van der Waals surface area contributed by atoms with Gasteiger partial charge in [0.25, 0.3) is 6.43 Å². The van der Waals surface area contributed by atoms with Crippen LogP contribution in [0, 0.1) is 22.6 Å². The molecule has 0 saturated carbocycles. The topological polar surface area (TPSA) is 127 Å². The molecule has 0 radical (unpaired) electrons. The average molecular weight is 545 g/mol. The number of nitriles is 1. The third-order valence-corrected chi connectivity index (χ3v) is 5.57. The number of nitrogens with zero attached hydrogens (tertiary/aromatic N) is 2. The van der Waals surface area contributed by atoms with Crippen molar-refractivity contribution >= 4 is 34.8 Å². The maximum absolute atomic E-state index is 15.9. The molecule has 0 aliphatic rings. The lowest BCUT2D eigenvalue weighted by Crippen LogP contribution is -2.35. The molecule has 3 aromatic carbocycles. The number of rotatable bonds is 11. The van der Waals surface area contributed by atoms with Crippen LogP contribution in [0.15, 0.2) is 60.7 Å². The fourth-order valence-corrected chi connectivity index (χ4v) is 3.95. The van der Waals surface area contributed by atoms with E-state index >= 15 is 4.39 Å². The van der Waals surface area contributed by atoms with Crippen molar-refractivity contribution in [3.8, 4) is 17.2 Å². The molecule has 0 spiro atoms. The van der Waals surface area contributed by atoms with Gasteiger partial charge in [-0.1, -0.05) is 41.9 Å². The van der Waals surface area contributed by atoms with Crippen molar-refractivity contribution in [3.05, 3.63) is 82.6 Å². The van der Waals surface area contributed by atoms with E-state index in [1.165, 1.54) is 12.1 Å². The largest absolute Gasteiger partial charge is 0.368 e. The summed E-state index contributed by atoms with van der Waals surface area (Å²) in [5, 5.41) is 19.4. The monoisotopic (exact) mass is 544 g/mol. The fourth-order valence-electron chi connectivity index (χ4n) is 3.76. The number of hydroxylamine groups is 1. The van der Waals surface area contributed by atoms with Crippen molar-refractivity contribution in [1.82, 2.24) is 10.8 Å². The zero-order valence-corrected chi connectivity index (χ0v) is 20.7. The number of benzene rings is 3. The summed E-state index contributed by atoms with van der Waals surface area (Å²) >= 11 is 6.13. The molecule has 198 valence electrons. The number of nitrogens with two attached hydrogens (primary N) is 1. The predicted octanol–water partition coefficient (Wildman–Crippen LogP) is 4.49. The second-order valence-electron chi connectivity index (χ2n) is 7.96. The summed E-state index contributed by atoms with van der Waals surface area (Å²) in [7, 11) is 0. The van der Waals surface area contributed by atoms with Gasteiger partial charge in [0.05, 0.1) is 36.9 Å². The lowest BCUT2D eigenvalue weighted by atomic mass is 10.00. The van der Waals surface area contributed by atoms with Gasteiger partial charge >= 0.3 is 0 Å². The molecule has 0 aliphatic heterocycles. The number of amides is 1. The molecule has 0 aromatic heterocycles. The minimum absolute atomic E-state index is 0.00677. The van der Waals surface area contributed by atoms with Crippen LogP contribution in [0.3, 0.4) is 0 Å². The highest BCUT2D eigenvalue weighted by Crippen LogP contribution is 2.38. The molecule has 1 amide bonds. The number of anilines is 2. The SMILES string of the molecule is N#Cc1ccc(N(CC(F)F)c2ccccc2-c2cccc(Cl)c2)c(F)c1CC(=O)NCCONC(=N)N. The molecule has 0 bridgehead atoms. The van der Waals surface area contributed by atoms with Gasteiger partial charge in [-0.3, -0.25) is 15.0 Å². The Morgan fingerprint density at radius 3 is 2.61 bits per heavy atom. The van der Waals surface area contributed by atoms with Gasteiger partial charge in [-0.25, -0.2) is 18.7 Å². The van der Waals surface area contributed by atoms with Gasteiger partial charge < -0.3 is 16.0 Å². The van der Waals surface area contributed by atoms with E-state index in [4.69, 9.17) is 27.6 Å². The third-order valence-electron chi connectivity index (χ3n) is 5.33. The van der Waals surface area contributed by atoms with Crippen LogP contribution < -0.4 is 21.4 Å². The van der Waals surface area contributed by atoms with Crippen LogP contribution in [0.1, 0.15) is 11.1 Å². The molecule has 5 N–H and O–H groups in total. The molecular weight excluding hydrogens is 521 g/mol. The minimum atomic E-state index is -2.83. The Morgan fingerprint density at radius 1 is 1.16 bits per heavy atom. The van der Waals surface area contributed by atoms with Gasteiger partial charge in [-0.2, -0.15) is 5.26 Å². The predicted molar refractivity (Wildman–Crippen MR) is 139 cm³/mol. The first-order valence-corrected chi connectivity index (χ1v) is 11.7. The van der Waals surface area contributed by atoms with Crippen molar-refractivity contribution in [3.63, 3.8) is 0 Å². The van der Waals surface area contributed by atoms with Crippen LogP contribution in [-0.2, 0) is 16.1 Å². The summed E-state index contributed by atoms with van der Waals surface area (Å²) < 4.78 is 43.4. The second-order valence-corrected chi connectivity index (χ2v) is 8.39. The number of alkyl halides is 2. The number of halogens is 4. The molecule has 0 aliphatic carbocycles. The van der Waals surface area contributed by atoms with Crippen LogP contribution in [0.2, 0.25) is 5.02 Å². The molecule has 38 heavy (non-hydrogen) atoms. The molecule has 0 unspecified atom stereocenters. The number of carbonyl (C=O) groups is 1. The summed E-state index contributed by atoms with van der Waals surface area (Å²) in [6.07, 6.45) is -3.34. The van der Waals surface area contributed by atoms with Crippen LogP contribution >= 0.6 is 11.6 Å². The molecule has 3 aromatic rings. The highest BCUT2D eigenvalue weighted by atomic mass is 35.5. The Kier molecular flexibility index (Phi) is 9.92. The normalized spacial score (nSPS) is 10.6. The minimum Gasteiger partial charge on any atom is -0.368 e. The van der Waals surface area contributed by atoms with E-state index in [9.17, 15) is 18.8 Å². The summed E-state index contributed by atoms with van der Waals surface area (Å²) in [6, 6.07) is 17.8. The van der Waals surface area contributed by atoms with E-state index < -0.39 is 37.1 Å². The molecule has 12 heteroatoms. The number of hydrogen-bond acceptors (Lipinski definition) is 5. The Labute approximate surface area is 222 Å². The quantitative estimate of drug-likeness (QED) is 0.122. The molecule has 0 atom stereocenters. The molecular formula is C26H24ClF3N6O2. The summed E-state index contributed by atoms with van der Waals surface area (Å²) in [6.45, 7) is -0.874. The zero-order chi connectivity index (χ0) is 27.7. The summed E-state index contributed by atoms with van der Waals surface area (Å²) in [4.78, 5) is 18.4. The Morgan fingerprint density at radius 2 is 1.92 bits per heavy atom. The van der Waals surface area contributed by atoms with Crippen LogP contribution in [0.5, 0.6) is 0 Å². The van der Waals surface area contributed by atoms with Crippen molar-refractivity contribution in [1.29, 1.82) is 10.7 Å². The van der Waals surface area contributed by atoms with E-state index in [0.29, 0.717) is 21.8 Å². The first kappa shape index (κ1) is 28.3. The Hall–Kier alpha value is -4.27. The highest BCUT2D eigenvalue weighted by molar-refractivity contribution is 6.30. The number of nitrogens with one attached hydrogen (secondary N) is 3. The molecule has 0 heterocycles. The van der Waals surface area contributed by atoms with E-state index in [-0.39, 0.29) is 30.0 Å².